The molecule has 2 aromatic heterocycles. The lowest BCUT2D eigenvalue weighted by Gasteiger charge is -2.26. The predicted molar refractivity (Wildman–Crippen MR) is 89.6 cm³/mol. The van der Waals surface area contributed by atoms with E-state index in [1.807, 2.05) is 20.0 Å². The van der Waals surface area contributed by atoms with Gasteiger partial charge in [-0.1, -0.05) is 0 Å². The fourth-order valence-electron chi connectivity index (χ4n) is 3.08. The molecule has 2 aromatic rings. The van der Waals surface area contributed by atoms with Crippen LogP contribution in [0, 0.1) is 0 Å². The van der Waals surface area contributed by atoms with Crippen LogP contribution < -0.4 is 5.32 Å². The van der Waals surface area contributed by atoms with E-state index in [4.69, 9.17) is 4.42 Å². The molecule has 130 valence electrons. The van der Waals surface area contributed by atoms with Crippen LogP contribution in [0.4, 0.5) is 10.6 Å². The maximum atomic E-state index is 12.5. The summed E-state index contributed by atoms with van der Waals surface area (Å²) < 4.78 is 7.04. The minimum Gasteiger partial charge on any atom is -0.467 e. The van der Waals surface area contributed by atoms with Crippen molar-refractivity contribution >= 4 is 11.8 Å². The molecular weight excluding hydrogens is 308 g/mol. The third-order valence-electron chi connectivity index (χ3n) is 4.38. The van der Waals surface area contributed by atoms with Gasteiger partial charge in [0.25, 0.3) is 0 Å². The van der Waals surface area contributed by atoms with Crippen LogP contribution in [0.25, 0.3) is 0 Å². The molecule has 0 saturated carbocycles. The van der Waals surface area contributed by atoms with Crippen molar-refractivity contribution in [1.29, 1.82) is 0 Å². The molecule has 0 bridgehead atoms. The maximum absolute atomic E-state index is 12.5. The van der Waals surface area contributed by atoms with Gasteiger partial charge in [0.15, 0.2) is 5.82 Å². The second-order valence-corrected chi connectivity index (χ2v) is 6.46. The first-order valence-corrected chi connectivity index (χ1v) is 8.39. The number of amides is 2. The largest absolute Gasteiger partial charge is 0.467 e. The first-order valence-electron chi connectivity index (χ1n) is 8.39. The minimum absolute atomic E-state index is 0.00251. The summed E-state index contributed by atoms with van der Waals surface area (Å²) >= 11 is 0. The van der Waals surface area contributed by atoms with Gasteiger partial charge in [-0.15, -0.1) is 0 Å². The molecule has 1 saturated heterocycles. The molecule has 0 radical (unpaired) electrons. The van der Waals surface area contributed by atoms with Crippen LogP contribution in [0.5, 0.6) is 0 Å². The molecule has 24 heavy (non-hydrogen) atoms. The molecule has 7 heteroatoms. The van der Waals surface area contributed by atoms with Crippen LogP contribution in [0.15, 0.2) is 35.1 Å². The molecule has 1 aliphatic heterocycles. The quantitative estimate of drug-likeness (QED) is 0.881. The van der Waals surface area contributed by atoms with Crippen LogP contribution >= 0.6 is 0 Å². The predicted octanol–water partition coefficient (Wildman–Crippen LogP) is 3.18. The number of urea groups is 1. The monoisotopic (exact) mass is 332 g/mol. The number of hydrogen-bond donors (Lipinski definition) is 2. The highest BCUT2D eigenvalue weighted by molar-refractivity contribution is 5.88. The Kier molecular flexibility index (Phi) is 4.89. The van der Waals surface area contributed by atoms with Gasteiger partial charge in [0.2, 0.25) is 0 Å². The van der Waals surface area contributed by atoms with Crippen LogP contribution in [0.2, 0.25) is 0 Å². The van der Waals surface area contributed by atoms with Gasteiger partial charge in [-0.2, -0.15) is 5.10 Å². The van der Waals surface area contributed by atoms with Gasteiger partial charge in [0.1, 0.15) is 11.9 Å². The van der Waals surface area contributed by atoms with Crippen molar-refractivity contribution < 1.29 is 14.3 Å². The number of likely N-dealkylation sites (tertiary alicyclic amines) is 1. The second kappa shape index (κ2) is 7.09. The molecule has 0 spiro atoms. The number of aliphatic hydroxyl groups is 1. The Morgan fingerprint density at radius 2 is 2.33 bits per heavy atom. The van der Waals surface area contributed by atoms with E-state index in [1.165, 1.54) is 0 Å². The highest BCUT2D eigenvalue weighted by atomic mass is 16.4. The number of hydrogen-bond acceptors (Lipinski definition) is 4. The Bertz CT molecular complexity index is 665. The number of rotatable bonds is 5. The summed E-state index contributed by atoms with van der Waals surface area (Å²) in [5.41, 5.74) is 0. The van der Waals surface area contributed by atoms with E-state index in [1.54, 1.807) is 34.0 Å². The van der Waals surface area contributed by atoms with Crippen molar-refractivity contribution in [3.8, 4) is 0 Å². The number of carbonyl (C=O) groups is 1. The zero-order valence-electron chi connectivity index (χ0n) is 14.1. The van der Waals surface area contributed by atoms with Gasteiger partial charge >= 0.3 is 6.03 Å². The van der Waals surface area contributed by atoms with Gasteiger partial charge in [-0.25, -0.2) is 4.79 Å². The lowest BCUT2D eigenvalue weighted by molar-refractivity contribution is 0.110. The molecule has 0 aliphatic carbocycles. The Morgan fingerprint density at radius 3 is 3.00 bits per heavy atom. The van der Waals surface area contributed by atoms with E-state index in [0.29, 0.717) is 24.5 Å². The minimum atomic E-state index is -0.696. The van der Waals surface area contributed by atoms with E-state index in [0.717, 1.165) is 12.8 Å². The van der Waals surface area contributed by atoms with E-state index < -0.39 is 6.10 Å². The summed E-state index contributed by atoms with van der Waals surface area (Å²) in [6.45, 7) is 4.75. The summed E-state index contributed by atoms with van der Waals surface area (Å²) in [6, 6.07) is 5.38. The zero-order chi connectivity index (χ0) is 17.1. The smallest absolute Gasteiger partial charge is 0.323 e. The van der Waals surface area contributed by atoms with Gasteiger partial charge in [0, 0.05) is 37.3 Å². The standard InChI is InChI=1S/C17H24N4O3/c1-12(2)21-9-7-16(19-21)18-17(23)20-8-3-5-13(20)11-14(22)15-6-4-10-24-15/h4,6-7,9-10,12-14,22H,3,5,8,11H2,1-2H3,(H,18,19,23)/t13-,14-/m1/s1. The average Bonchev–Trinajstić information content (AvgIpc) is 3.28. The van der Waals surface area contributed by atoms with Crippen LogP contribution in [0.3, 0.4) is 0 Å². The Balaban J connectivity index is 1.60. The molecule has 3 rings (SSSR count). The lowest BCUT2D eigenvalue weighted by Crippen LogP contribution is -2.39. The van der Waals surface area contributed by atoms with Crippen molar-refractivity contribution in [2.24, 2.45) is 0 Å². The number of carbonyl (C=O) groups excluding carboxylic acids is 1. The molecule has 0 aromatic carbocycles. The van der Waals surface area contributed by atoms with E-state index in [-0.39, 0.29) is 18.1 Å². The Hall–Kier alpha value is -2.28. The van der Waals surface area contributed by atoms with Crippen LogP contribution in [-0.4, -0.2) is 38.4 Å². The lowest BCUT2D eigenvalue weighted by atomic mass is 10.1. The van der Waals surface area contributed by atoms with Gasteiger partial charge in [-0.3, -0.25) is 10.00 Å². The van der Waals surface area contributed by atoms with Gasteiger partial charge in [0.05, 0.1) is 6.26 Å². The van der Waals surface area contributed by atoms with Crippen molar-refractivity contribution in [1.82, 2.24) is 14.7 Å². The highest BCUT2D eigenvalue weighted by Gasteiger charge is 2.31. The van der Waals surface area contributed by atoms with Crippen molar-refractivity contribution in [2.75, 3.05) is 11.9 Å². The molecule has 1 fully saturated rings. The molecule has 0 unspecified atom stereocenters. The molecular formula is C17H24N4O3. The Labute approximate surface area is 141 Å². The summed E-state index contributed by atoms with van der Waals surface area (Å²) in [4.78, 5) is 14.3. The topological polar surface area (TPSA) is 83.5 Å². The second-order valence-electron chi connectivity index (χ2n) is 6.46. The number of furan rings is 1. The van der Waals surface area contributed by atoms with Crippen LogP contribution in [-0.2, 0) is 0 Å². The number of aliphatic hydroxyl groups excluding tert-OH is 1. The SMILES string of the molecule is CC(C)n1ccc(NC(=O)N2CCC[C@@H]2C[C@@H](O)c2ccco2)n1. The highest BCUT2D eigenvalue weighted by Crippen LogP contribution is 2.28. The van der Waals surface area contributed by atoms with Gasteiger partial charge in [-0.05, 0) is 38.8 Å². The normalized spacial score (nSPS) is 19.0. The number of aromatic nitrogens is 2. The zero-order valence-corrected chi connectivity index (χ0v) is 14.1. The van der Waals surface area contributed by atoms with E-state index >= 15 is 0 Å². The summed E-state index contributed by atoms with van der Waals surface area (Å²) in [5, 5.41) is 17.4. The first-order chi connectivity index (χ1) is 11.5. The number of nitrogens with zero attached hydrogens (tertiary/aromatic N) is 3. The molecule has 2 atom stereocenters. The van der Waals surface area contributed by atoms with E-state index in [2.05, 4.69) is 10.4 Å². The molecule has 1 aliphatic rings. The van der Waals surface area contributed by atoms with E-state index in [9.17, 15) is 9.90 Å². The molecule has 3 heterocycles. The van der Waals surface area contributed by atoms with Crippen molar-refractivity contribution in [3.63, 3.8) is 0 Å². The number of anilines is 1. The fraction of sp³-hybridized carbons (Fsp3) is 0.529. The third kappa shape index (κ3) is 3.62. The summed E-state index contributed by atoms with van der Waals surface area (Å²) in [5.74, 6) is 1.09. The third-order valence-corrected chi connectivity index (χ3v) is 4.38. The maximum Gasteiger partial charge on any atom is 0.323 e. The Morgan fingerprint density at radius 1 is 1.50 bits per heavy atom. The summed E-state index contributed by atoms with van der Waals surface area (Å²) in [7, 11) is 0. The van der Waals surface area contributed by atoms with Crippen molar-refractivity contribution in [3.05, 3.63) is 36.4 Å². The summed E-state index contributed by atoms with van der Waals surface area (Å²) in [6.07, 6.45) is 4.99. The molecule has 2 N–H and O–H groups in total. The molecule has 2 amide bonds. The molecule has 7 nitrogen and oxygen atoms in total. The number of nitrogens with one attached hydrogen (secondary N) is 1. The van der Waals surface area contributed by atoms with Crippen molar-refractivity contribution in [2.45, 2.75) is 51.3 Å². The van der Waals surface area contributed by atoms with Gasteiger partial charge < -0.3 is 14.4 Å². The average molecular weight is 332 g/mol. The first kappa shape index (κ1) is 16.6. The fourth-order valence-corrected chi connectivity index (χ4v) is 3.08. The van der Waals surface area contributed by atoms with Crippen LogP contribution in [0.1, 0.15) is 51.0 Å².